The molecular formula is C48H28O2. The SMILES string of the molecule is c1ccc2c(-c3c4ccccc4c(-c4ccc(-c5ccc6oc7ccc8c9ccccc9oc8c7c6c5)cc4)c4ccccc34)cccc2c1. The standard InChI is InChI=1S/C48H28O2/c1-2-12-33-30(10-1)11-9-18-35(33)46-38-16-5-3-14-36(38)45(37-15-4-6-17-39(37)46)31-22-20-29(21-23-31)32-24-26-43-41(28-32)47-44(49-43)27-25-40-34-13-7-8-19-42(34)50-48(40)47/h1-28H. The van der Waals surface area contributed by atoms with Crippen LogP contribution in [0.25, 0.3) is 110 Å². The summed E-state index contributed by atoms with van der Waals surface area (Å²) in [6.07, 6.45) is 0. The van der Waals surface area contributed by atoms with Crippen LogP contribution in [0.15, 0.2) is 179 Å². The van der Waals surface area contributed by atoms with E-state index in [9.17, 15) is 0 Å². The molecule has 0 unspecified atom stereocenters. The Kier molecular flexibility index (Phi) is 5.70. The average molecular weight is 637 g/mol. The summed E-state index contributed by atoms with van der Waals surface area (Å²) < 4.78 is 12.7. The molecule has 0 atom stereocenters. The Morgan fingerprint density at radius 1 is 0.300 bits per heavy atom. The maximum Gasteiger partial charge on any atom is 0.147 e. The van der Waals surface area contributed by atoms with Gasteiger partial charge in [0.2, 0.25) is 0 Å². The maximum absolute atomic E-state index is 6.41. The molecule has 0 bridgehead atoms. The van der Waals surface area contributed by atoms with Gasteiger partial charge < -0.3 is 8.83 Å². The number of para-hydroxylation sites is 1. The van der Waals surface area contributed by atoms with Crippen LogP contribution in [0.4, 0.5) is 0 Å². The molecule has 2 nitrogen and oxygen atoms in total. The minimum Gasteiger partial charge on any atom is -0.456 e. The van der Waals surface area contributed by atoms with E-state index < -0.39 is 0 Å². The zero-order valence-corrected chi connectivity index (χ0v) is 27.0. The van der Waals surface area contributed by atoms with Gasteiger partial charge in [0.25, 0.3) is 0 Å². The number of benzene rings is 9. The van der Waals surface area contributed by atoms with Crippen molar-refractivity contribution < 1.29 is 8.83 Å². The van der Waals surface area contributed by atoms with Crippen molar-refractivity contribution in [3.05, 3.63) is 170 Å². The molecule has 0 spiro atoms. The molecule has 0 saturated heterocycles. The normalized spacial score (nSPS) is 12.0. The summed E-state index contributed by atoms with van der Waals surface area (Å²) in [6, 6.07) is 61.0. The fourth-order valence-electron chi connectivity index (χ4n) is 8.23. The summed E-state index contributed by atoms with van der Waals surface area (Å²) in [5.41, 5.74) is 10.8. The van der Waals surface area contributed by atoms with Gasteiger partial charge in [-0.05, 0) is 96.0 Å². The minimum atomic E-state index is 0.838. The van der Waals surface area contributed by atoms with Crippen LogP contribution < -0.4 is 0 Å². The molecule has 2 aromatic heterocycles. The van der Waals surface area contributed by atoms with E-state index in [4.69, 9.17) is 8.83 Å². The third-order valence-corrected chi connectivity index (χ3v) is 10.5. The second kappa shape index (κ2) is 10.4. The van der Waals surface area contributed by atoms with Crippen LogP contribution >= 0.6 is 0 Å². The largest absolute Gasteiger partial charge is 0.456 e. The van der Waals surface area contributed by atoms with Crippen LogP contribution in [0.5, 0.6) is 0 Å². The summed E-state index contributed by atoms with van der Waals surface area (Å²) in [5.74, 6) is 0. The van der Waals surface area contributed by atoms with E-state index in [1.165, 1.54) is 54.6 Å². The minimum absolute atomic E-state index is 0.838. The molecule has 11 rings (SSSR count). The van der Waals surface area contributed by atoms with E-state index in [1.54, 1.807) is 0 Å². The molecule has 232 valence electrons. The summed E-state index contributed by atoms with van der Waals surface area (Å²) in [6.45, 7) is 0. The first-order valence-corrected chi connectivity index (χ1v) is 17.1. The van der Waals surface area contributed by atoms with Crippen LogP contribution in [0.3, 0.4) is 0 Å². The zero-order valence-electron chi connectivity index (χ0n) is 27.0. The van der Waals surface area contributed by atoms with Gasteiger partial charge in [0.15, 0.2) is 0 Å². The molecule has 2 heterocycles. The van der Waals surface area contributed by atoms with Crippen LogP contribution in [-0.2, 0) is 0 Å². The first-order chi connectivity index (χ1) is 24.8. The third-order valence-electron chi connectivity index (χ3n) is 10.5. The molecule has 0 aliphatic carbocycles. The topological polar surface area (TPSA) is 26.3 Å². The Morgan fingerprint density at radius 3 is 1.62 bits per heavy atom. The van der Waals surface area contributed by atoms with Crippen LogP contribution in [-0.4, -0.2) is 0 Å². The lowest BCUT2D eigenvalue weighted by atomic mass is 9.84. The number of furan rings is 2. The Balaban J connectivity index is 1.09. The van der Waals surface area contributed by atoms with Gasteiger partial charge in [0, 0.05) is 16.2 Å². The van der Waals surface area contributed by atoms with Gasteiger partial charge in [0.05, 0.1) is 5.39 Å². The van der Waals surface area contributed by atoms with E-state index in [2.05, 4.69) is 158 Å². The first kappa shape index (κ1) is 27.3. The number of hydrogen-bond acceptors (Lipinski definition) is 2. The highest BCUT2D eigenvalue weighted by Crippen LogP contribution is 2.46. The van der Waals surface area contributed by atoms with Gasteiger partial charge in [-0.1, -0.05) is 140 Å². The molecule has 0 radical (unpaired) electrons. The van der Waals surface area contributed by atoms with E-state index >= 15 is 0 Å². The molecule has 9 aromatic carbocycles. The first-order valence-electron chi connectivity index (χ1n) is 17.1. The van der Waals surface area contributed by atoms with Gasteiger partial charge in [-0.15, -0.1) is 0 Å². The highest BCUT2D eigenvalue weighted by molar-refractivity contribution is 6.24. The molecular weight excluding hydrogens is 609 g/mol. The van der Waals surface area contributed by atoms with Crippen molar-refractivity contribution in [2.45, 2.75) is 0 Å². The van der Waals surface area contributed by atoms with Crippen molar-refractivity contribution in [2.75, 3.05) is 0 Å². The van der Waals surface area contributed by atoms with Crippen molar-refractivity contribution in [3.8, 4) is 33.4 Å². The number of hydrogen-bond donors (Lipinski definition) is 0. The second-order valence-electron chi connectivity index (χ2n) is 13.2. The Morgan fingerprint density at radius 2 is 0.860 bits per heavy atom. The predicted octanol–water partition coefficient (Wildman–Crippen LogP) is 13.9. The van der Waals surface area contributed by atoms with Crippen molar-refractivity contribution >= 4 is 76.2 Å². The van der Waals surface area contributed by atoms with Gasteiger partial charge in [-0.2, -0.15) is 0 Å². The quantitative estimate of drug-likeness (QED) is 0.180. The van der Waals surface area contributed by atoms with Crippen LogP contribution in [0, 0.1) is 0 Å². The molecule has 0 saturated carbocycles. The number of rotatable bonds is 3. The Bertz CT molecular complexity index is 3080. The fourth-order valence-corrected chi connectivity index (χ4v) is 8.23. The molecule has 0 aliphatic heterocycles. The monoisotopic (exact) mass is 636 g/mol. The van der Waals surface area contributed by atoms with Gasteiger partial charge in [-0.3, -0.25) is 0 Å². The highest BCUT2D eigenvalue weighted by atomic mass is 16.3. The lowest BCUT2D eigenvalue weighted by Crippen LogP contribution is -1.91. The second-order valence-corrected chi connectivity index (χ2v) is 13.2. The molecule has 0 fully saturated rings. The lowest BCUT2D eigenvalue weighted by Gasteiger charge is -2.19. The van der Waals surface area contributed by atoms with Crippen molar-refractivity contribution in [1.29, 1.82) is 0 Å². The summed E-state index contributed by atoms with van der Waals surface area (Å²) in [5, 5.41) is 11.9. The molecule has 2 heteroatoms. The van der Waals surface area contributed by atoms with Gasteiger partial charge in [0.1, 0.15) is 22.3 Å². The van der Waals surface area contributed by atoms with E-state index in [0.29, 0.717) is 0 Å². The Labute approximate surface area is 287 Å². The van der Waals surface area contributed by atoms with Crippen molar-refractivity contribution in [2.24, 2.45) is 0 Å². The summed E-state index contributed by atoms with van der Waals surface area (Å²) in [7, 11) is 0. The van der Waals surface area contributed by atoms with E-state index in [-0.39, 0.29) is 0 Å². The molecule has 0 aliphatic rings. The average Bonchev–Trinajstić information content (AvgIpc) is 3.75. The smallest absolute Gasteiger partial charge is 0.147 e. The highest BCUT2D eigenvalue weighted by Gasteiger charge is 2.19. The molecule has 50 heavy (non-hydrogen) atoms. The molecule has 0 N–H and O–H groups in total. The predicted molar refractivity (Wildman–Crippen MR) is 210 cm³/mol. The van der Waals surface area contributed by atoms with Crippen molar-refractivity contribution in [3.63, 3.8) is 0 Å². The van der Waals surface area contributed by atoms with E-state index in [0.717, 1.165) is 55.0 Å². The Hall–Kier alpha value is -6.64. The summed E-state index contributed by atoms with van der Waals surface area (Å²) in [4.78, 5) is 0. The lowest BCUT2D eigenvalue weighted by molar-refractivity contribution is 0.663. The van der Waals surface area contributed by atoms with Crippen LogP contribution in [0.1, 0.15) is 0 Å². The zero-order chi connectivity index (χ0) is 32.8. The fraction of sp³-hybridized carbons (Fsp3) is 0. The van der Waals surface area contributed by atoms with Gasteiger partial charge in [-0.25, -0.2) is 0 Å². The maximum atomic E-state index is 6.41. The molecule has 11 aromatic rings. The molecule has 0 amide bonds. The van der Waals surface area contributed by atoms with Gasteiger partial charge >= 0.3 is 0 Å². The van der Waals surface area contributed by atoms with Crippen molar-refractivity contribution in [1.82, 2.24) is 0 Å². The summed E-state index contributed by atoms with van der Waals surface area (Å²) >= 11 is 0. The van der Waals surface area contributed by atoms with Crippen LogP contribution in [0.2, 0.25) is 0 Å². The number of fused-ring (bicyclic) bond motifs is 10. The van der Waals surface area contributed by atoms with E-state index in [1.807, 2.05) is 12.1 Å². The third kappa shape index (κ3) is 3.90.